The Labute approximate surface area is 106 Å². The maximum atomic E-state index is 13.2. The third-order valence-corrected chi connectivity index (χ3v) is 2.81. The molecule has 94 valence electrons. The SMILES string of the molecule is COC(=O)C(Br)CNCc1ccc(F)cc1F. The van der Waals surface area contributed by atoms with Crippen molar-refractivity contribution >= 4 is 21.9 Å². The van der Waals surface area contributed by atoms with Gasteiger partial charge in [-0.25, -0.2) is 8.78 Å². The number of esters is 1. The summed E-state index contributed by atoms with van der Waals surface area (Å²) in [5.41, 5.74) is 0.343. The third-order valence-electron chi connectivity index (χ3n) is 2.11. The second-order valence-corrected chi connectivity index (χ2v) is 4.46. The number of methoxy groups -OCH3 is 1. The van der Waals surface area contributed by atoms with E-state index >= 15 is 0 Å². The lowest BCUT2D eigenvalue weighted by atomic mass is 10.2. The minimum Gasteiger partial charge on any atom is -0.468 e. The maximum Gasteiger partial charge on any atom is 0.320 e. The molecule has 1 aromatic carbocycles. The van der Waals surface area contributed by atoms with Crippen LogP contribution in [-0.4, -0.2) is 24.5 Å². The van der Waals surface area contributed by atoms with Gasteiger partial charge in [-0.15, -0.1) is 0 Å². The topological polar surface area (TPSA) is 38.3 Å². The van der Waals surface area contributed by atoms with Gasteiger partial charge in [0.15, 0.2) is 0 Å². The molecule has 0 aliphatic heterocycles. The Balaban J connectivity index is 2.43. The fourth-order valence-electron chi connectivity index (χ4n) is 1.21. The van der Waals surface area contributed by atoms with Crippen LogP contribution < -0.4 is 5.32 Å². The Morgan fingerprint density at radius 1 is 1.53 bits per heavy atom. The van der Waals surface area contributed by atoms with Gasteiger partial charge in [-0.2, -0.15) is 0 Å². The van der Waals surface area contributed by atoms with Crippen LogP contribution in [0.1, 0.15) is 5.56 Å². The number of alkyl halides is 1. The molecule has 1 atom stereocenters. The number of hydrogen-bond donors (Lipinski definition) is 1. The zero-order valence-corrected chi connectivity index (χ0v) is 10.8. The van der Waals surface area contributed by atoms with E-state index in [1.807, 2.05) is 0 Å². The van der Waals surface area contributed by atoms with E-state index in [1.165, 1.54) is 19.2 Å². The molecule has 0 fully saturated rings. The van der Waals surface area contributed by atoms with E-state index in [0.717, 1.165) is 6.07 Å². The summed E-state index contributed by atoms with van der Waals surface area (Å²) in [5.74, 6) is -1.63. The highest BCUT2D eigenvalue weighted by Gasteiger charge is 2.14. The molecule has 1 N–H and O–H groups in total. The van der Waals surface area contributed by atoms with Gasteiger partial charge in [0.05, 0.1) is 7.11 Å². The Bertz CT molecular complexity index is 401. The Morgan fingerprint density at radius 3 is 2.82 bits per heavy atom. The largest absolute Gasteiger partial charge is 0.468 e. The van der Waals surface area contributed by atoms with Crippen LogP contribution in [0.2, 0.25) is 0 Å². The van der Waals surface area contributed by atoms with Gasteiger partial charge >= 0.3 is 5.97 Å². The van der Waals surface area contributed by atoms with E-state index < -0.39 is 22.4 Å². The summed E-state index contributed by atoms with van der Waals surface area (Å²) in [6, 6.07) is 3.37. The molecule has 0 radical (unpaired) electrons. The highest BCUT2D eigenvalue weighted by Crippen LogP contribution is 2.09. The first-order chi connectivity index (χ1) is 8.04. The van der Waals surface area contributed by atoms with Gasteiger partial charge in [-0.05, 0) is 6.07 Å². The highest BCUT2D eigenvalue weighted by molar-refractivity contribution is 9.10. The van der Waals surface area contributed by atoms with Gasteiger partial charge in [-0.3, -0.25) is 4.79 Å². The van der Waals surface area contributed by atoms with Crippen LogP contribution >= 0.6 is 15.9 Å². The van der Waals surface area contributed by atoms with Crippen molar-refractivity contribution in [2.75, 3.05) is 13.7 Å². The van der Waals surface area contributed by atoms with Crippen LogP contribution in [0.3, 0.4) is 0 Å². The fourth-order valence-corrected chi connectivity index (χ4v) is 1.63. The van der Waals surface area contributed by atoms with Crippen molar-refractivity contribution in [2.45, 2.75) is 11.4 Å². The van der Waals surface area contributed by atoms with Gasteiger partial charge in [0.25, 0.3) is 0 Å². The van der Waals surface area contributed by atoms with Crippen molar-refractivity contribution in [1.82, 2.24) is 5.32 Å². The first-order valence-corrected chi connectivity index (χ1v) is 5.82. The van der Waals surface area contributed by atoms with E-state index in [0.29, 0.717) is 12.1 Å². The summed E-state index contributed by atoms with van der Waals surface area (Å²) < 4.78 is 30.3. The van der Waals surface area contributed by atoms with Crippen molar-refractivity contribution in [3.63, 3.8) is 0 Å². The number of nitrogens with one attached hydrogen (secondary N) is 1. The normalized spacial score (nSPS) is 12.2. The van der Waals surface area contributed by atoms with Gasteiger partial charge in [0.2, 0.25) is 0 Å². The van der Waals surface area contributed by atoms with Gasteiger partial charge in [-0.1, -0.05) is 22.0 Å². The van der Waals surface area contributed by atoms with E-state index in [-0.39, 0.29) is 6.54 Å². The van der Waals surface area contributed by atoms with E-state index in [9.17, 15) is 13.6 Å². The summed E-state index contributed by atoms with van der Waals surface area (Å²) in [6.45, 7) is 0.509. The lowest BCUT2D eigenvalue weighted by molar-refractivity contribution is -0.139. The molecular formula is C11H12BrF2NO2. The van der Waals surface area contributed by atoms with Crippen LogP contribution in [-0.2, 0) is 16.1 Å². The molecule has 0 heterocycles. The molecule has 17 heavy (non-hydrogen) atoms. The first kappa shape index (κ1) is 14.1. The molecule has 0 saturated carbocycles. The summed E-state index contributed by atoms with van der Waals surface area (Å²) in [6.07, 6.45) is 0. The van der Waals surface area contributed by atoms with Crippen molar-refractivity contribution in [2.24, 2.45) is 0 Å². The lowest BCUT2D eigenvalue weighted by Gasteiger charge is -2.09. The molecule has 0 amide bonds. The summed E-state index contributed by atoms with van der Waals surface area (Å²) in [5, 5.41) is 2.87. The van der Waals surface area contributed by atoms with Crippen LogP contribution in [0.25, 0.3) is 0 Å². The third kappa shape index (κ3) is 4.40. The molecule has 0 aliphatic rings. The van der Waals surface area contributed by atoms with Crippen molar-refractivity contribution in [1.29, 1.82) is 0 Å². The van der Waals surface area contributed by atoms with Gasteiger partial charge < -0.3 is 10.1 Å². The van der Waals surface area contributed by atoms with Gasteiger partial charge in [0, 0.05) is 24.7 Å². The van der Waals surface area contributed by atoms with Gasteiger partial charge in [0.1, 0.15) is 16.5 Å². The summed E-state index contributed by atoms with van der Waals surface area (Å²) in [4.78, 5) is 10.5. The monoisotopic (exact) mass is 307 g/mol. The number of ether oxygens (including phenoxy) is 1. The van der Waals surface area contributed by atoms with E-state index in [2.05, 4.69) is 26.0 Å². The fraction of sp³-hybridized carbons (Fsp3) is 0.364. The average molecular weight is 308 g/mol. The maximum absolute atomic E-state index is 13.2. The predicted octanol–water partition coefficient (Wildman–Crippen LogP) is 1.99. The molecular weight excluding hydrogens is 296 g/mol. The zero-order valence-electron chi connectivity index (χ0n) is 9.17. The number of benzene rings is 1. The number of hydrogen-bond acceptors (Lipinski definition) is 3. The standard InChI is InChI=1S/C11H12BrF2NO2/c1-17-11(16)9(12)6-15-5-7-2-3-8(13)4-10(7)14/h2-4,9,15H,5-6H2,1H3. The second-order valence-electron chi connectivity index (χ2n) is 3.36. The van der Waals surface area contributed by atoms with Crippen molar-refractivity contribution < 1.29 is 18.3 Å². The smallest absolute Gasteiger partial charge is 0.320 e. The average Bonchev–Trinajstić information content (AvgIpc) is 2.30. The Morgan fingerprint density at radius 2 is 2.24 bits per heavy atom. The lowest BCUT2D eigenvalue weighted by Crippen LogP contribution is -2.29. The van der Waals surface area contributed by atoms with Crippen molar-refractivity contribution in [3.8, 4) is 0 Å². The summed E-state index contributed by atoms with van der Waals surface area (Å²) in [7, 11) is 1.29. The number of carbonyl (C=O) groups excluding carboxylic acids is 1. The van der Waals surface area contributed by atoms with Crippen LogP contribution in [0, 0.1) is 11.6 Å². The minimum atomic E-state index is -0.612. The number of carbonyl (C=O) groups is 1. The van der Waals surface area contributed by atoms with Crippen LogP contribution in [0.4, 0.5) is 8.78 Å². The molecule has 1 rings (SSSR count). The van der Waals surface area contributed by atoms with E-state index in [4.69, 9.17) is 0 Å². The molecule has 3 nitrogen and oxygen atoms in total. The molecule has 0 saturated heterocycles. The van der Waals surface area contributed by atoms with E-state index in [1.54, 1.807) is 0 Å². The second kappa shape index (κ2) is 6.66. The molecule has 1 unspecified atom stereocenters. The highest BCUT2D eigenvalue weighted by atomic mass is 79.9. The Kier molecular flexibility index (Phi) is 5.50. The molecule has 0 aliphatic carbocycles. The van der Waals surface area contributed by atoms with Crippen LogP contribution in [0.5, 0.6) is 0 Å². The van der Waals surface area contributed by atoms with Crippen molar-refractivity contribution in [3.05, 3.63) is 35.4 Å². The number of halogens is 3. The Hall–Kier alpha value is -1.01. The molecule has 0 aromatic heterocycles. The molecule has 0 bridgehead atoms. The quantitative estimate of drug-likeness (QED) is 0.668. The summed E-state index contributed by atoms with van der Waals surface area (Å²) >= 11 is 3.12. The first-order valence-electron chi connectivity index (χ1n) is 4.91. The van der Waals surface area contributed by atoms with Crippen LogP contribution in [0.15, 0.2) is 18.2 Å². The number of rotatable bonds is 5. The molecule has 1 aromatic rings. The minimum absolute atomic E-state index is 0.213. The molecule has 6 heteroatoms. The predicted molar refractivity (Wildman–Crippen MR) is 62.8 cm³/mol. The zero-order chi connectivity index (χ0) is 12.8. The molecule has 0 spiro atoms.